The average Bonchev–Trinajstić information content (AvgIpc) is 3.36. The quantitative estimate of drug-likeness (QED) is 0.418. The Hall–Kier alpha value is -2.98. The Morgan fingerprint density at radius 1 is 1.24 bits per heavy atom. The second-order valence-corrected chi connectivity index (χ2v) is 11.1. The number of methoxy groups -OCH3 is 1. The zero-order chi connectivity index (χ0) is 26.9. The first-order valence-corrected chi connectivity index (χ1v) is 12.7. The van der Waals surface area contributed by atoms with Crippen molar-refractivity contribution in [2.75, 3.05) is 26.8 Å². The van der Waals surface area contributed by atoms with Crippen LogP contribution in [0.5, 0.6) is 0 Å². The molecule has 0 radical (unpaired) electrons. The molecule has 0 unspecified atom stereocenters. The highest BCUT2D eigenvalue weighted by molar-refractivity contribution is 6.14. The highest BCUT2D eigenvalue weighted by Gasteiger charge is 2.64. The maximum absolute atomic E-state index is 13.9. The third-order valence-electron chi connectivity index (χ3n) is 8.93. The molecule has 2 saturated heterocycles. The number of β-amino-alcohol motifs (C(OH)–C–C–N with tert-alkyl or cyclic N) is 1. The lowest BCUT2D eigenvalue weighted by molar-refractivity contribution is -0.160. The van der Waals surface area contributed by atoms with E-state index >= 15 is 0 Å². The number of esters is 2. The minimum atomic E-state index is -1.27. The Bertz CT molecular complexity index is 1180. The van der Waals surface area contributed by atoms with Gasteiger partial charge in [0.2, 0.25) is 5.78 Å². The average molecular weight is 516 g/mol. The molecule has 1 saturated carbocycles. The van der Waals surface area contributed by atoms with Gasteiger partial charge in [-0.2, -0.15) is 0 Å². The summed E-state index contributed by atoms with van der Waals surface area (Å²) in [5, 5.41) is 21.4. The second kappa shape index (κ2) is 8.80. The number of ketones is 2. The van der Waals surface area contributed by atoms with Gasteiger partial charge in [0.15, 0.2) is 5.76 Å². The third kappa shape index (κ3) is 3.67. The minimum absolute atomic E-state index is 0.00916. The Morgan fingerprint density at radius 3 is 2.59 bits per heavy atom. The number of allylic oxidation sites excluding steroid dienone is 1. The number of likely N-dealkylation sites (tertiary alicyclic amines) is 1. The molecule has 5 rings (SSSR count). The standard InChI is InChI=1S/C27H33NO9/c1-13(29)36-17-9-26(2)16(5-6-18(26)31)20-22(17)27(3)19(12-35-4)37-25(34)15(21(27)24(33)23(20)32)11-28-8-7-14(30)10-28/h11,14,16-17,19,30,33H,5-10,12H2,1-4H3/b15-11-/t14-,16+,17-,19-,26+,27+/m1/s1. The van der Waals surface area contributed by atoms with E-state index in [1.807, 2.05) is 0 Å². The molecule has 200 valence electrons. The van der Waals surface area contributed by atoms with Crippen molar-refractivity contribution in [1.29, 1.82) is 0 Å². The van der Waals surface area contributed by atoms with Crippen LogP contribution >= 0.6 is 0 Å². The summed E-state index contributed by atoms with van der Waals surface area (Å²) in [5.41, 5.74) is -1.35. The first-order valence-electron chi connectivity index (χ1n) is 12.7. The summed E-state index contributed by atoms with van der Waals surface area (Å²) in [6, 6.07) is 0. The highest BCUT2D eigenvalue weighted by atomic mass is 16.6. The molecule has 10 heteroatoms. The van der Waals surface area contributed by atoms with Gasteiger partial charge in [-0.25, -0.2) is 4.79 Å². The zero-order valence-electron chi connectivity index (χ0n) is 21.5. The molecule has 0 aromatic heterocycles. The number of Topliss-reactive ketones (excluding diaryl/α,β-unsaturated/α-hetero) is 2. The number of hydrogen-bond donors (Lipinski definition) is 2. The smallest absolute Gasteiger partial charge is 0.340 e. The van der Waals surface area contributed by atoms with Gasteiger partial charge in [0.25, 0.3) is 0 Å². The van der Waals surface area contributed by atoms with Crippen LogP contribution in [0.25, 0.3) is 0 Å². The first-order chi connectivity index (χ1) is 17.4. The molecule has 0 spiro atoms. The van der Waals surface area contributed by atoms with Crippen molar-refractivity contribution in [3.05, 3.63) is 34.3 Å². The van der Waals surface area contributed by atoms with Gasteiger partial charge in [-0.1, -0.05) is 6.92 Å². The number of aliphatic hydroxyl groups is 2. The molecule has 2 N–H and O–H groups in total. The number of aliphatic hydroxyl groups excluding tert-OH is 2. The van der Waals surface area contributed by atoms with E-state index in [-0.39, 0.29) is 42.0 Å². The SMILES string of the molecule is COC[C@H]1OC(=O)/C(=C\N2CC[C@@H](O)C2)C2=C(O)C(=O)C3=C([C@H](OC(C)=O)C[C@]4(C)C(=O)CC[C@@H]34)[C@]21C. The van der Waals surface area contributed by atoms with Crippen LogP contribution in [0.3, 0.4) is 0 Å². The van der Waals surface area contributed by atoms with Crippen molar-refractivity contribution >= 4 is 23.5 Å². The van der Waals surface area contributed by atoms with E-state index in [1.165, 1.54) is 20.2 Å². The van der Waals surface area contributed by atoms with Crippen molar-refractivity contribution in [3.8, 4) is 0 Å². The van der Waals surface area contributed by atoms with Gasteiger partial charge in [0, 0.05) is 68.6 Å². The molecule has 0 bridgehead atoms. The molecule has 5 aliphatic rings. The molecule has 0 amide bonds. The van der Waals surface area contributed by atoms with Crippen molar-refractivity contribution in [2.45, 2.75) is 64.8 Å². The summed E-state index contributed by atoms with van der Waals surface area (Å²) >= 11 is 0. The highest BCUT2D eigenvalue weighted by Crippen LogP contribution is 2.62. The fourth-order valence-corrected chi connectivity index (χ4v) is 7.15. The molecular formula is C27H33NO9. The van der Waals surface area contributed by atoms with E-state index in [9.17, 15) is 29.4 Å². The van der Waals surface area contributed by atoms with E-state index in [0.29, 0.717) is 31.5 Å². The molecule has 6 atom stereocenters. The van der Waals surface area contributed by atoms with Gasteiger partial charge >= 0.3 is 11.9 Å². The van der Waals surface area contributed by atoms with E-state index in [0.717, 1.165) is 0 Å². The van der Waals surface area contributed by atoms with Crippen molar-refractivity contribution in [3.63, 3.8) is 0 Å². The minimum Gasteiger partial charge on any atom is -0.504 e. The molecule has 0 aromatic carbocycles. The summed E-state index contributed by atoms with van der Waals surface area (Å²) < 4.78 is 17.0. The van der Waals surface area contributed by atoms with Gasteiger partial charge in [-0.3, -0.25) is 14.4 Å². The monoisotopic (exact) mass is 515 g/mol. The number of carbonyl (C=O) groups excluding carboxylic acids is 4. The lowest BCUT2D eigenvalue weighted by atomic mass is 9.53. The molecule has 3 aliphatic carbocycles. The molecule has 3 fully saturated rings. The molecule has 2 heterocycles. The number of nitrogens with zero attached hydrogens (tertiary/aromatic N) is 1. The Labute approximate surface area is 214 Å². The van der Waals surface area contributed by atoms with Crippen LogP contribution in [0.4, 0.5) is 0 Å². The lowest BCUT2D eigenvalue weighted by Crippen LogP contribution is -2.57. The zero-order valence-corrected chi connectivity index (χ0v) is 21.5. The summed E-state index contributed by atoms with van der Waals surface area (Å²) in [5.74, 6) is -3.00. The van der Waals surface area contributed by atoms with Crippen molar-refractivity contribution in [2.24, 2.45) is 16.7 Å². The topological polar surface area (TPSA) is 140 Å². The van der Waals surface area contributed by atoms with Crippen LogP contribution < -0.4 is 0 Å². The number of rotatable bonds is 4. The maximum atomic E-state index is 13.9. The number of hydrogen-bond acceptors (Lipinski definition) is 10. The Balaban J connectivity index is 1.75. The molecule has 10 nitrogen and oxygen atoms in total. The summed E-state index contributed by atoms with van der Waals surface area (Å²) in [4.78, 5) is 54.1. The van der Waals surface area contributed by atoms with E-state index in [4.69, 9.17) is 14.2 Å². The van der Waals surface area contributed by atoms with E-state index in [1.54, 1.807) is 18.7 Å². The van der Waals surface area contributed by atoms with Crippen molar-refractivity contribution < 1.29 is 43.6 Å². The van der Waals surface area contributed by atoms with Gasteiger partial charge in [-0.15, -0.1) is 0 Å². The van der Waals surface area contributed by atoms with Gasteiger partial charge < -0.3 is 29.3 Å². The number of ether oxygens (including phenoxy) is 3. The second-order valence-electron chi connectivity index (χ2n) is 11.1. The van der Waals surface area contributed by atoms with Gasteiger partial charge in [0.05, 0.1) is 23.7 Å². The van der Waals surface area contributed by atoms with Gasteiger partial charge in [-0.05, 0) is 25.3 Å². The summed E-state index contributed by atoms with van der Waals surface area (Å²) in [7, 11) is 1.46. The first kappa shape index (κ1) is 25.7. The van der Waals surface area contributed by atoms with Crippen LogP contribution in [0.15, 0.2) is 34.3 Å². The number of fused-ring (bicyclic) bond motifs is 4. The number of cyclic esters (lactones) is 1. The maximum Gasteiger partial charge on any atom is 0.340 e. The third-order valence-corrected chi connectivity index (χ3v) is 8.93. The van der Waals surface area contributed by atoms with Crippen LogP contribution in [0.2, 0.25) is 0 Å². The molecule has 37 heavy (non-hydrogen) atoms. The summed E-state index contributed by atoms with van der Waals surface area (Å²) in [6.07, 6.45) is 0.538. The lowest BCUT2D eigenvalue weighted by Gasteiger charge is -2.53. The van der Waals surface area contributed by atoms with E-state index < -0.39 is 58.5 Å². The van der Waals surface area contributed by atoms with Gasteiger partial charge in [0.1, 0.15) is 18.0 Å². The van der Waals surface area contributed by atoms with Crippen LogP contribution in [-0.2, 0) is 33.4 Å². The van der Waals surface area contributed by atoms with Crippen LogP contribution in [0, 0.1) is 16.7 Å². The normalized spacial score (nSPS) is 38.6. The van der Waals surface area contributed by atoms with E-state index in [2.05, 4.69) is 0 Å². The van der Waals surface area contributed by atoms with Crippen LogP contribution in [0.1, 0.15) is 46.5 Å². The molecule has 2 aliphatic heterocycles. The fourth-order valence-electron chi connectivity index (χ4n) is 7.15. The predicted octanol–water partition coefficient (Wildman–Crippen LogP) is 1.53. The fraction of sp³-hybridized carbons (Fsp3) is 0.630. The largest absolute Gasteiger partial charge is 0.504 e. The van der Waals surface area contributed by atoms with Crippen molar-refractivity contribution in [1.82, 2.24) is 4.90 Å². The van der Waals surface area contributed by atoms with Crippen LogP contribution in [-0.4, -0.2) is 83.7 Å². The predicted molar refractivity (Wildman–Crippen MR) is 128 cm³/mol. The Morgan fingerprint density at radius 2 is 1.97 bits per heavy atom. The number of carbonyl (C=O) groups is 4. The molecular weight excluding hydrogens is 482 g/mol. The Kier molecular flexibility index (Phi) is 6.10. The molecule has 0 aromatic rings. The summed E-state index contributed by atoms with van der Waals surface area (Å²) in [6.45, 7) is 5.57.